The van der Waals surface area contributed by atoms with Crippen LogP contribution >= 0.6 is 0 Å². The first-order chi connectivity index (χ1) is 11.0. The average molecular weight is 331 g/mol. The van der Waals surface area contributed by atoms with Gasteiger partial charge in [0.25, 0.3) is 0 Å². The van der Waals surface area contributed by atoms with E-state index in [0.29, 0.717) is 18.7 Å². The molecule has 2 aromatic rings. The fraction of sp³-hybridized carbons (Fsp3) is 0.235. The number of fused-ring (bicyclic) bond motifs is 1. The highest BCUT2D eigenvalue weighted by Crippen LogP contribution is 2.26. The molecule has 0 fully saturated rings. The number of ether oxygens (including phenoxy) is 1. The van der Waals surface area contributed by atoms with E-state index in [9.17, 15) is 13.2 Å². The molecule has 6 heteroatoms. The van der Waals surface area contributed by atoms with Crippen molar-refractivity contribution >= 4 is 16.0 Å². The van der Waals surface area contributed by atoms with Crippen molar-refractivity contribution < 1.29 is 17.9 Å². The maximum atomic E-state index is 11.9. The highest BCUT2D eigenvalue weighted by molar-refractivity contribution is 7.89. The molecule has 1 N–H and O–H groups in total. The van der Waals surface area contributed by atoms with Crippen molar-refractivity contribution in [3.63, 3.8) is 0 Å². The van der Waals surface area contributed by atoms with Crippen LogP contribution in [0.25, 0.3) is 11.1 Å². The van der Waals surface area contributed by atoms with Crippen LogP contribution in [0, 0.1) is 0 Å². The van der Waals surface area contributed by atoms with Crippen LogP contribution in [-0.4, -0.2) is 27.5 Å². The summed E-state index contributed by atoms with van der Waals surface area (Å²) >= 11 is 0. The quantitative estimate of drug-likeness (QED) is 0.873. The molecule has 1 aliphatic rings. The Morgan fingerprint density at radius 1 is 1.09 bits per heavy atom. The van der Waals surface area contributed by atoms with Gasteiger partial charge in [-0.25, -0.2) is 17.9 Å². The van der Waals surface area contributed by atoms with Crippen molar-refractivity contribution in [3.8, 4) is 11.1 Å². The summed E-state index contributed by atoms with van der Waals surface area (Å²) in [5, 5.41) is 0. The van der Waals surface area contributed by atoms with Crippen LogP contribution in [-0.2, 0) is 21.2 Å². The van der Waals surface area contributed by atoms with Crippen LogP contribution in [0.1, 0.15) is 22.8 Å². The van der Waals surface area contributed by atoms with Gasteiger partial charge in [-0.05, 0) is 34.9 Å². The molecule has 0 aromatic heterocycles. The Morgan fingerprint density at radius 2 is 1.78 bits per heavy atom. The van der Waals surface area contributed by atoms with Crippen molar-refractivity contribution in [2.45, 2.75) is 18.2 Å². The van der Waals surface area contributed by atoms with Crippen molar-refractivity contribution in [3.05, 3.63) is 53.6 Å². The molecule has 0 saturated heterocycles. The van der Waals surface area contributed by atoms with Gasteiger partial charge in [-0.2, -0.15) is 0 Å². The van der Waals surface area contributed by atoms with E-state index < -0.39 is 10.0 Å². The average Bonchev–Trinajstić information content (AvgIpc) is 2.55. The topological polar surface area (TPSA) is 72.5 Å². The van der Waals surface area contributed by atoms with Gasteiger partial charge in [0.05, 0.1) is 17.1 Å². The Bertz CT molecular complexity index is 841. The highest BCUT2D eigenvalue weighted by atomic mass is 32.2. The van der Waals surface area contributed by atoms with Gasteiger partial charge in [-0.15, -0.1) is 0 Å². The number of benzene rings is 2. The lowest BCUT2D eigenvalue weighted by Gasteiger charge is -2.16. The van der Waals surface area contributed by atoms with E-state index in [2.05, 4.69) is 4.72 Å². The number of rotatable bonds is 4. The molecule has 1 heterocycles. The standard InChI is InChI=1S/C17H17NO4S/c1-2-18-23(20,21)15-7-5-12(6-8-15)14-4-3-13-9-10-22-17(19)16(13)11-14/h3-8,11,18H,2,9-10H2,1H3. The first-order valence-corrected chi connectivity index (χ1v) is 8.90. The molecule has 120 valence electrons. The summed E-state index contributed by atoms with van der Waals surface area (Å²) in [6.07, 6.45) is 0.723. The predicted molar refractivity (Wildman–Crippen MR) is 86.7 cm³/mol. The Hall–Kier alpha value is -2.18. The van der Waals surface area contributed by atoms with Crippen molar-refractivity contribution in [1.82, 2.24) is 4.72 Å². The van der Waals surface area contributed by atoms with E-state index in [1.807, 2.05) is 12.1 Å². The maximum absolute atomic E-state index is 11.9. The normalized spacial score (nSPS) is 14.2. The SMILES string of the molecule is CCNS(=O)(=O)c1ccc(-c2ccc3c(c2)C(=O)OCC3)cc1. The van der Waals surface area contributed by atoms with Crippen molar-refractivity contribution in [1.29, 1.82) is 0 Å². The third-order valence-electron chi connectivity index (χ3n) is 3.77. The van der Waals surface area contributed by atoms with Gasteiger partial charge in [0, 0.05) is 13.0 Å². The lowest BCUT2D eigenvalue weighted by Crippen LogP contribution is -2.22. The van der Waals surface area contributed by atoms with E-state index in [1.54, 1.807) is 37.3 Å². The second kappa shape index (κ2) is 6.14. The monoisotopic (exact) mass is 331 g/mol. The zero-order valence-electron chi connectivity index (χ0n) is 12.7. The highest BCUT2D eigenvalue weighted by Gasteiger charge is 2.19. The lowest BCUT2D eigenvalue weighted by molar-refractivity contribution is 0.0480. The first kappa shape index (κ1) is 15.7. The third kappa shape index (κ3) is 3.13. The van der Waals surface area contributed by atoms with Gasteiger partial charge in [0.1, 0.15) is 0 Å². The lowest BCUT2D eigenvalue weighted by atomic mass is 9.96. The van der Waals surface area contributed by atoms with Gasteiger partial charge in [0.15, 0.2) is 0 Å². The zero-order chi connectivity index (χ0) is 16.4. The summed E-state index contributed by atoms with van der Waals surface area (Å²) in [4.78, 5) is 12.0. The van der Waals surface area contributed by atoms with E-state index in [4.69, 9.17) is 4.74 Å². The van der Waals surface area contributed by atoms with Gasteiger partial charge in [-0.3, -0.25) is 0 Å². The Labute approximate surface area is 135 Å². The van der Waals surface area contributed by atoms with E-state index in [0.717, 1.165) is 23.1 Å². The molecular formula is C17H17NO4S. The van der Waals surface area contributed by atoms with E-state index in [-0.39, 0.29) is 10.9 Å². The summed E-state index contributed by atoms with van der Waals surface area (Å²) in [5.74, 6) is -0.306. The molecule has 2 aromatic carbocycles. The molecular weight excluding hydrogens is 314 g/mol. The largest absolute Gasteiger partial charge is 0.462 e. The smallest absolute Gasteiger partial charge is 0.338 e. The van der Waals surface area contributed by atoms with Crippen molar-refractivity contribution in [2.24, 2.45) is 0 Å². The van der Waals surface area contributed by atoms with Gasteiger partial charge >= 0.3 is 5.97 Å². The van der Waals surface area contributed by atoms with Gasteiger partial charge < -0.3 is 4.74 Å². The minimum atomic E-state index is -3.46. The number of esters is 1. The molecule has 5 nitrogen and oxygen atoms in total. The van der Waals surface area contributed by atoms with Crippen LogP contribution in [0.3, 0.4) is 0 Å². The van der Waals surface area contributed by atoms with Crippen LogP contribution < -0.4 is 4.72 Å². The molecule has 0 aliphatic carbocycles. The zero-order valence-corrected chi connectivity index (χ0v) is 13.5. The number of hydrogen-bond acceptors (Lipinski definition) is 4. The number of hydrogen-bond donors (Lipinski definition) is 1. The van der Waals surface area contributed by atoms with E-state index >= 15 is 0 Å². The molecule has 0 bridgehead atoms. The van der Waals surface area contributed by atoms with E-state index in [1.165, 1.54) is 0 Å². The minimum Gasteiger partial charge on any atom is -0.462 e. The fourth-order valence-corrected chi connectivity index (χ4v) is 3.64. The molecule has 0 spiro atoms. The molecule has 23 heavy (non-hydrogen) atoms. The first-order valence-electron chi connectivity index (χ1n) is 7.41. The van der Waals surface area contributed by atoms with Gasteiger partial charge in [-0.1, -0.05) is 31.2 Å². The number of cyclic esters (lactones) is 1. The molecule has 0 atom stereocenters. The summed E-state index contributed by atoms with van der Waals surface area (Å²) < 4.78 is 31.4. The summed E-state index contributed by atoms with van der Waals surface area (Å²) in [7, 11) is -3.46. The van der Waals surface area contributed by atoms with Gasteiger partial charge in [0.2, 0.25) is 10.0 Å². The van der Waals surface area contributed by atoms with Crippen LogP contribution in [0.5, 0.6) is 0 Å². The second-order valence-corrected chi connectivity index (χ2v) is 7.05. The summed E-state index contributed by atoms with van der Waals surface area (Å²) in [6, 6.07) is 12.3. The number of carbonyl (C=O) groups is 1. The fourth-order valence-electron chi connectivity index (χ4n) is 2.60. The maximum Gasteiger partial charge on any atom is 0.338 e. The summed E-state index contributed by atoms with van der Waals surface area (Å²) in [6.45, 7) is 2.50. The number of sulfonamides is 1. The molecule has 0 radical (unpaired) electrons. The minimum absolute atomic E-state index is 0.223. The Morgan fingerprint density at radius 3 is 2.48 bits per heavy atom. The van der Waals surface area contributed by atoms with Crippen LogP contribution in [0.4, 0.5) is 0 Å². The molecule has 1 aliphatic heterocycles. The van der Waals surface area contributed by atoms with Crippen molar-refractivity contribution in [2.75, 3.05) is 13.2 Å². The number of carbonyl (C=O) groups excluding carboxylic acids is 1. The van der Waals surface area contributed by atoms with Crippen LogP contribution in [0.15, 0.2) is 47.4 Å². The van der Waals surface area contributed by atoms with Crippen LogP contribution in [0.2, 0.25) is 0 Å². The predicted octanol–water partition coefficient (Wildman–Crippen LogP) is 2.36. The number of nitrogens with one attached hydrogen (secondary N) is 1. The summed E-state index contributed by atoms with van der Waals surface area (Å²) in [5.41, 5.74) is 3.27. The Balaban J connectivity index is 1.94. The third-order valence-corrected chi connectivity index (χ3v) is 5.33. The second-order valence-electron chi connectivity index (χ2n) is 5.28. The molecule has 0 saturated carbocycles. The molecule has 0 amide bonds. The molecule has 0 unspecified atom stereocenters. The Kier molecular flexibility index (Phi) is 4.19. The molecule has 3 rings (SSSR count).